The van der Waals surface area contributed by atoms with Gasteiger partial charge in [0.15, 0.2) is 5.82 Å². The molecule has 3 N–H and O–H groups in total. The zero-order chi connectivity index (χ0) is 33.0. The predicted molar refractivity (Wildman–Crippen MR) is 187 cm³/mol. The van der Waals surface area contributed by atoms with Crippen molar-refractivity contribution in [1.82, 2.24) is 25.4 Å². The van der Waals surface area contributed by atoms with Crippen molar-refractivity contribution in [3.63, 3.8) is 0 Å². The number of methoxy groups -OCH3 is 1. The second-order valence-corrected chi connectivity index (χ2v) is 15.2. The number of carbonyl (C=O) groups is 2. The Bertz CT molecular complexity index is 1930. The number of ether oxygens (including phenoxy) is 1. The van der Waals surface area contributed by atoms with Crippen LogP contribution in [0.3, 0.4) is 0 Å². The summed E-state index contributed by atoms with van der Waals surface area (Å²) in [6.45, 7) is 4.63. The lowest BCUT2D eigenvalue weighted by molar-refractivity contribution is -0.118. The van der Waals surface area contributed by atoms with Crippen LogP contribution in [-0.2, 0) is 11.3 Å². The lowest BCUT2D eigenvalue weighted by atomic mass is 10.00. The van der Waals surface area contributed by atoms with Gasteiger partial charge >= 0.3 is 0 Å². The number of halogens is 1. The van der Waals surface area contributed by atoms with Gasteiger partial charge in [-0.05, 0) is 68.0 Å². The maximum absolute atomic E-state index is 12.1. The molecule has 46 heavy (non-hydrogen) atoms. The molecule has 0 fully saturated rings. The number of aliphatic imine (C=N–C) groups is 1. The van der Waals surface area contributed by atoms with E-state index in [-0.39, 0.29) is 11.8 Å². The molecule has 0 radical (unpaired) electrons. The van der Waals surface area contributed by atoms with E-state index in [0.29, 0.717) is 30.2 Å². The highest BCUT2D eigenvalue weighted by atomic mass is 35.5. The topological polar surface area (TPSA) is 131 Å². The minimum absolute atomic E-state index is 0.119. The van der Waals surface area contributed by atoms with E-state index in [2.05, 4.69) is 20.8 Å². The molecule has 0 unspecified atom stereocenters. The quantitative estimate of drug-likeness (QED) is 0.175. The number of fused-ring (bicyclic) bond motifs is 4. The number of benzene rings is 3. The molecule has 6 rings (SSSR count). The van der Waals surface area contributed by atoms with E-state index in [4.69, 9.17) is 21.3 Å². The van der Waals surface area contributed by atoms with Crippen LogP contribution < -0.4 is 15.4 Å². The molecule has 1 aliphatic rings. The van der Waals surface area contributed by atoms with Crippen molar-refractivity contribution in [2.75, 3.05) is 32.7 Å². The number of carbonyl (C=O) groups excluding carboxylic acids is 2. The van der Waals surface area contributed by atoms with Crippen LogP contribution in [0.25, 0.3) is 15.8 Å². The summed E-state index contributed by atoms with van der Waals surface area (Å²) in [6.07, 6.45) is 3.63. The van der Waals surface area contributed by atoms with Gasteiger partial charge in [0.25, 0.3) is 5.91 Å². The minimum atomic E-state index is -1.83. The van der Waals surface area contributed by atoms with Crippen LogP contribution in [0.4, 0.5) is 0 Å². The molecule has 2 aromatic heterocycles. The second-order valence-electron chi connectivity index (χ2n) is 10.9. The van der Waals surface area contributed by atoms with E-state index >= 15 is 0 Å². The van der Waals surface area contributed by atoms with Gasteiger partial charge in [0.05, 0.1) is 18.5 Å². The number of amides is 2. The van der Waals surface area contributed by atoms with Crippen molar-refractivity contribution in [2.45, 2.75) is 25.3 Å². The van der Waals surface area contributed by atoms with Gasteiger partial charge in [-0.15, -0.1) is 31.8 Å². The zero-order valence-electron chi connectivity index (χ0n) is 26.1. The monoisotopic (exact) mass is 678 g/mol. The number of nitrogens with zero attached hydrogens (tertiary/aromatic N) is 4. The van der Waals surface area contributed by atoms with Gasteiger partial charge in [0.1, 0.15) is 18.1 Å². The molecule has 0 aliphatic carbocycles. The predicted octanol–water partition coefficient (Wildman–Crippen LogP) is 6.25. The van der Waals surface area contributed by atoms with Gasteiger partial charge in [0, 0.05) is 62.1 Å². The van der Waals surface area contributed by atoms with Crippen LogP contribution in [-0.4, -0.2) is 69.6 Å². The highest BCUT2D eigenvalue weighted by Gasteiger charge is 2.22. The fraction of sp³-hybridized carbons (Fsp3) is 0.242. The Hall–Kier alpha value is -4.23. The zero-order valence-corrected chi connectivity index (χ0v) is 28.5. The van der Waals surface area contributed by atoms with Crippen molar-refractivity contribution in [1.29, 1.82) is 0 Å². The van der Waals surface area contributed by atoms with Gasteiger partial charge in [-0.25, -0.2) is 0 Å². The lowest BCUT2D eigenvalue weighted by Gasteiger charge is -2.22. The first-order valence-electron chi connectivity index (χ1n) is 14.4. The molecule has 0 saturated carbocycles. The Kier molecular flexibility index (Phi) is 10.1. The minimum Gasteiger partial charge on any atom is -0.497 e. The Morgan fingerprint density at radius 2 is 1.78 bits per heavy atom. The largest absolute Gasteiger partial charge is 0.497 e. The molecule has 0 atom stereocenters. The van der Waals surface area contributed by atoms with Crippen LogP contribution >= 0.6 is 33.2 Å². The molecule has 0 bridgehead atoms. The number of thiophene rings is 1. The number of hydrogen-bond donors (Lipinski definition) is 3. The maximum atomic E-state index is 12.1. The summed E-state index contributed by atoms with van der Waals surface area (Å²) < 4.78 is 18.8. The standard InChI is InChI=1S/C18H15ClN4O.C15H20N2O3S2/c1-11-21-22-17-10-20-18(12-3-5-13(19)6-4-12)15-9-14(24-2)7-8-16(15)23(11)17;1-10(18)16-6-7-17-15(19)11-4-5-13-12(8-11)14(9-21-13)22(2,3)20/h3-9H,10H2,1-2H3;4-5,8-9,20H,6-7H2,1-3H3,(H,16,18)(H,17,19). The summed E-state index contributed by atoms with van der Waals surface area (Å²) in [5.74, 6) is 2.14. The third-order valence-corrected chi connectivity index (χ3v) is 9.99. The Morgan fingerprint density at radius 1 is 1.04 bits per heavy atom. The number of aryl methyl sites for hydroxylation is 1. The summed E-state index contributed by atoms with van der Waals surface area (Å²) >= 11 is 7.59. The molecule has 3 heterocycles. The van der Waals surface area contributed by atoms with E-state index in [1.165, 1.54) is 6.92 Å². The van der Waals surface area contributed by atoms with Crippen molar-refractivity contribution in [3.8, 4) is 11.4 Å². The molecule has 2 amide bonds. The third kappa shape index (κ3) is 7.42. The molecular formula is C33H35ClN6O4S2. The number of aromatic nitrogens is 3. The molecule has 10 nitrogen and oxygen atoms in total. The molecule has 1 aliphatic heterocycles. The summed E-state index contributed by atoms with van der Waals surface area (Å²) in [4.78, 5) is 28.6. The number of rotatable bonds is 7. The summed E-state index contributed by atoms with van der Waals surface area (Å²) in [5.41, 5.74) is 4.44. The summed E-state index contributed by atoms with van der Waals surface area (Å²) in [5, 5.41) is 17.4. The molecule has 0 spiro atoms. The van der Waals surface area contributed by atoms with Gasteiger partial charge in [-0.1, -0.05) is 23.7 Å². The van der Waals surface area contributed by atoms with Crippen LogP contribution in [0.1, 0.15) is 40.1 Å². The van der Waals surface area contributed by atoms with E-state index in [9.17, 15) is 14.1 Å². The summed E-state index contributed by atoms with van der Waals surface area (Å²) in [7, 11) is -0.168. The number of hydrogen-bond acceptors (Lipinski definition) is 8. The lowest BCUT2D eigenvalue weighted by Crippen LogP contribution is -2.33. The van der Waals surface area contributed by atoms with E-state index in [1.807, 2.05) is 84.0 Å². The Balaban J connectivity index is 0.000000182. The molecule has 0 saturated heterocycles. The second kappa shape index (κ2) is 14.0. The van der Waals surface area contributed by atoms with E-state index in [1.54, 1.807) is 24.5 Å². The SMILES string of the molecule is CC(=O)NCCNC(=O)c1ccc2scc(S(C)(C)O)c2c1.COc1ccc2c(c1)C(c1ccc(Cl)cc1)=NCc1nnc(C)n1-2. The molecule has 3 aromatic carbocycles. The smallest absolute Gasteiger partial charge is 0.251 e. The average Bonchev–Trinajstić information content (AvgIpc) is 3.58. The fourth-order valence-corrected chi connectivity index (χ4v) is 7.78. The fourth-order valence-electron chi connectivity index (χ4n) is 4.99. The van der Waals surface area contributed by atoms with Crippen molar-refractivity contribution in [2.24, 2.45) is 4.99 Å². The molecular weight excluding hydrogens is 644 g/mol. The molecule has 5 aromatic rings. The van der Waals surface area contributed by atoms with E-state index < -0.39 is 10.3 Å². The maximum Gasteiger partial charge on any atom is 0.251 e. The first-order chi connectivity index (χ1) is 22.0. The molecule has 240 valence electrons. The third-order valence-electron chi connectivity index (χ3n) is 7.21. The van der Waals surface area contributed by atoms with Crippen molar-refractivity contribution in [3.05, 3.63) is 99.4 Å². The Labute approximate surface area is 278 Å². The van der Waals surface area contributed by atoms with Gasteiger partial charge in [-0.3, -0.25) is 19.1 Å². The van der Waals surface area contributed by atoms with Crippen molar-refractivity contribution >= 4 is 60.9 Å². The van der Waals surface area contributed by atoms with Gasteiger partial charge < -0.3 is 19.9 Å². The first-order valence-corrected chi connectivity index (χ1v) is 18.0. The van der Waals surface area contributed by atoms with Gasteiger partial charge in [-0.2, -0.15) is 0 Å². The van der Waals surface area contributed by atoms with Crippen molar-refractivity contribution < 1.29 is 18.9 Å². The van der Waals surface area contributed by atoms with Crippen LogP contribution in [0.15, 0.2) is 75.9 Å². The highest BCUT2D eigenvalue weighted by Crippen LogP contribution is 2.50. The summed E-state index contributed by atoms with van der Waals surface area (Å²) in [6, 6.07) is 19.1. The normalized spacial score (nSPS) is 12.5. The molecule has 13 heteroatoms. The average molecular weight is 679 g/mol. The van der Waals surface area contributed by atoms with Crippen LogP contribution in [0, 0.1) is 6.92 Å². The Morgan fingerprint density at radius 3 is 2.48 bits per heavy atom. The van der Waals surface area contributed by atoms with Crippen LogP contribution in [0.5, 0.6) is 5.75 Å². The van der Waals surface area contributed by atoms with Crippen LogP contribution in [0.2, 0.25) is 5.02 Å². The van der Waals surface area contributed by atoms with E-state index in [0.717, 1.165) is 54.9 Å². The number of nitrogens with one attached hydrogen (secondary N) is 2. The van der Waals surface area contributed by atoms with Gasteiger partial charge in [0.2, 0.25) is 5.91 Å². The highest BCUT2D eigenvalue weighted by molar-refractivity contribution is 8.28. The first kappa shape index (κ1) is 33.1.